The number of alkyl halides is 3. The number of H-pyrrole nitrogens is 1. The molecular formula is C15H17F3N4. The molecule has 0 radical (unpaired) electrons. The Morgan fingerprint density at radius 1 is 1.32 bits per heavy atom. The van der Waals surface area contributed by atoms with Gasteiger partial charge in [0.25, 0.3) is 0 Å². The smallest absolute Gasteiger partial charge is 0.369 e. The molecule has 2 aromatic rings. The van der Waals surface area contributed by atoms with Crippen molar-refractivity contribution in [3.63, 3.8) is 0 Å². The number of anilines is 1. The first-order valence-corrected chi connectivity index (χ1v) is 7.17. The van der Waals surface area contributed by atoms with Gasteiger partial charge in [0.1, 0.15) is 5.82 Å². The van der Waals surface area contributed by atoms with Gasteiger partial charge < -0.3 is 15.2 Å². The van der Waals surface area contributed by atoms with Crippen LogP contribution in [-0.4, -0.2) is 29.1 Å². The molecule has 1 aliphatic heterocycles. The third-order valence-electron chi connectivity index (χ3n) is 3.85. The van der Waals surface area contributed by atoms with E-state index in [0.29, 0.717) is 19.6 Å². The molecule has 0 aliphatic carbocycles. The highest BCUT2D eigenvalue weighted by atomic mass is 19.4. The predicted octanol–water partition coefficient (Wildman–Crippen LogP) is 2.80. The van der Waals surface area contributed by atoms with Crippen LogP contribution in [0.1, 0.15) is 17.8 Å². The van der Waals surface area contributed by atoms with Crippen LogP contribution in [0.25, 0.3) is 0 Å². The van der Waals surface area contributed by atoms with Crippen LogP contribution < -0.4 is 10.2 Å². The van der Waals surface area contributed by atoms with Gasteiger partial charge in [-0.1, -0.05) is 12.1 Å². The number of nitrogens with zero attached hydrogens (tertiary/aromatic N) is 2. The third-order valence-corrected chi connectivity index (χ3v) is 3.85. The van der Waals surface area contributed by atoms with E-state index in [1.165, 1.54) is 12.1 Å². The van der Waals surface area contributed by atoms with Gasteiger partial charge in [-0.2, -0.15) is 13.2 Å². The van der Waals surface area contributed by atoms with Crippen LogP contribution in [0.5, 0.6) is 0 Å². The van der Waals surface area contributed by atoms with E-state index < -0.39 is 11.7 Å². The molecule has 1 aliphatic rings. The summed E-state index contributed by atoms with van der Waals surface area (Å²) in [5, 5.41) is 3.33. The maximum absolute atomic E-state index is 13.1. The molecule has 1 fully saturated rings. The lowest BCUT2D eigenvalue weighted by atomic mass is 10.1. The molecule has 118 valence electrons. The molecule has 1 saturated heterocycles. The minimum Gasteiger partial charge on any atom is -0.369 e. The Morgan fingerprint density at radius 3 is 2.86 bits per heavy atom. The molecule has 0 amide bonds. The van der Waals surface area contributed by atoms with Crippen LogP contribution in [0.4, 0.5) is 18.9 Å². The summed E-state index contributed by atoms with van der Waals surface area (Å²) in [6.07, 6.45) is -0.0851. The Labute approximate surface area is 126 Å². The van der Waals surface area contributed by atoms with Crippen LogP contribution in [0.2, 0.25) is 0 Å². The molecule has 1 aromatic heterocycles. The Morgan fingerprint density at radius 2 is 2.14 bits per heavy atom. The molecule has 0 unspecified atom stereocenters. The van der Waals surface area contributed by atoms with Crippen molar-refractivity contribution >= 4 is 5.69 Å². The van der Waals surface area contributed by atoms with E-state index in [-0.39, 0.29) is 11.7 Å². The number of aromatic amines is 1. The van der Waals surface area contributed by atoms with Gasteiger partial charge in [-0.3, -0.25) is 0 Å². The molecule has 2 N–H and O–H groups in total. The molecule has 7 heteroatoms. The zero-order valence-corrected chi connectivity index (χ0v) is 11.9. The van der Waals surface area contributed by atoms with Crippen molar-refractivity contribution in [2.45, 2.75) is 25.2 Å². The summed E-state index contributed by atoms with van der Waals surface area (Å²) < 4.78 is 39.2. The summed E-state index contributed by atoms with van der Waals surface area (Å²) >= 11 is 0. The van der Waals surface area contributed by atoms with E-state index in [1.54, 1.807) is 23.4 Å². The number of imidazole rings is 1. The molecule has 4 nitrogen and oxygen atoms in total. The van der Waals surface area contributed by atoms with E-state index in [2.05, 4.69) is 15.3 Å². The van der Waals surface area contributed by atoms with Crippen molar-refractivity contribution < 1.29 is 13.2 Å². The first-order chi connectivity index (χ1) is 10.5. The highest BCUT2D eigenvalue weighted by Crippen LogP contribution is 2.37. The zero-order chi connectivity index (χ0) is 15.6. The van der Waals surface area contributed by atoms with E-state index in [4.69, 9.17) is 0 Å². The van der Waals surface area contributed by atoms with Crippen molar-refractivity contribution in [3.8, 4) is 0 Å². The average molecular weight is 310 g/mol. The number of hydrogen-bond donors (Lipinski definition) is 2. The monoisotopic (exact) mass is 310 g/mol. The standard InChI is InChI=1S/C15H17F3N4/c16-15(17,18)12-3-1-2-4-13(12)22-8-5-11(10-22)21-9-14-19-6-7-20-14/h1-4,6-7,11,21H,5,8-10H2,(H,19,20)/t11-/m1/s1. The fourth-order valence-corrected chi connectivity index (χ4v) is 2.77. The van der Waals surface area contributed by atoms with Gasteiger partial charge in [-0.05, 0) is 18.6 Å². The third kappa shape index (κ3) is 3.24. The van der Waals surface area contributed by atoms with Gasteiger partial charge in [0.05, 0.1) is 12.1 Å². The van der Waals surface area contributed by atoms with Crippen LogP contribution >= 0.6 is 0 Å². The largest absolute Gasteiger partial charge is 0.418 e. The number of halogens is 3. The highest BCUT2D eigenvalue weighted by molar-refractivity contribution is 5.55. The normalized spacial score (nSPS) is 18.9. The van der Waals surface area contributed by atoms with E-state index in [1.807, 2.05) is 0 Å². The first kappa shape index (κ1) is 14.9. The van der Waals surface area contributed by atoms with Gasteiger partial charge in [0, 0.05) is 37.2 Å². The van der Waals surface area contributed by atoms with Crippen LogP contribution in [0, 0.1) is 0 Å². The molecule has 22 heavy (non-hydrogen) atoms. The van der Waals surface area contributed by atoms with Crippen LogP contribution in [0.3, 0.4) is 0 Å². The predicted molar refractivity (Wildman–Crippen MR) is 77.5 cm³/mol. The molecule has 0 spiro atoms. The van der Waals surface area contributed by atoms with E-state index >= 15 is 0 Å². The number of nitrogens with one attached hydrogen (secondary N) is 2. The second kappa shape index (κ2) is 6.00. The average Bonchev–Trinajstić information content (AvgIpc) is 3.16. The summed E-state index contributed by atoms with van der Waals surface area (Å²) in [5.41, 5.74) is -0.306. The molecule has 0 saturated carbocycles. The second-order valence-corrected chi connectivity index (χ2v) is 5.36. The molecule has 3 rings (SSSR count). The Kier molecular flexibility index (Phi) is 4.06. The van der Waals surface area contributed by atoms with Crippen molar-refractivity contribution in [1.29, 1.82) is 0 Å². The molecule has 1 aromatic carbocycles. The highest BCUT2D eigenvalue weighted by Gasteiger charge is 2.36. The lowest BCUT2D eigenvalue weighted by Gasteiger charge is -2.23. The van der Waals surface area contributed by atoms with Gasteiger partial charge in [0.15, 0.2) is 0 Å². The van der Waals surface area contributed by atoms with Crippen molar-refractivity contribution in [3.05, 3.63) is 48.0 Å². The zero-order valence-electron chi connectivity index (χ0n) is 11.9. The second-order valence-electron chi connectivity index (χ2n) is 5.36. The van der Waals surface area contributed by atoms with Gasteiger partial charge >= 0.3 is 6.18 Å². The number of rotatable bonds is 4. The van der Waals surface area contributed by atoms with Crippen LogP contribution in [0.15, 0.2) is 36.7 Å². The van der Waals surface area contributed by atoms with Gasteiger partial charge in [-0.15, -0.1) is 0 Å². The maximum Gasteiger partial charge on any atom is 0.418 e. The maximum atomic E-state index is 13.1. The molecule has 1 atom stereocenters. The molecule has 2 heterocycles. The Balaban J connectivity index is 1.65. The Bertz CT molecular complexity index is 610. The number of para-hydroxylation sites is 1. The molecular weight excluding hydrogens is 293 g/mol. The van der Waals surface area contributed by atoms with E-state index in [9.17, 15) is 13.2 Å². The minimum atomic E-state index is -4.32. The van der Waals surface area contributed by atoms with E-state index in [0.717, 1.165) is 18.3 Å². The lowest BCUT2D eigenvalue weighted by molar-refractivity contribution is -0.137. The summed E-state index contributed by atoms with van der Waals surface area (Å²) in [5.74, 6) is 0.828. The minimum absolute atomic E-state index is 0.159. The SMILES string of the molecule is FC(F)(F)c1ccccc1N1CC[C@@H](NCc2ncc[nH]2)C1. The van der Waals surface area contributed by atoms with Crippen molar-refractivity contribution in [2.24, 2.45) is 0 Å². The summed E-state index contributed by atoms with van der Waals surface area (Å²) in [6.45, 7) is 1.77. The fraction of sp³-hybridized carbons (Fsp3) is 0.400. The summed E-state index contributed by atoms with van der Waals surface area (Å²) in [7, 11) is 0. The number of aromatic nitrogens is 2. The van der Waals surface area contributed by atoms with Gasteiger partial charge in [-0.25, -0.2) is 4.98 Å². The van der Waals surface area contributed by atoms with Gasteiger partial charge in [0.2, 0.25) is 0 Å². The van der Waals surface area contributed by atoms with Crippen molar-refractivity contribution in [1.82, 2.24) is 15.3 Å². The quantitative estimate of drug-likeness (QED) is 0.913. The first-order valence-electron chi connectivity index (χ1n) is 7.17. The summed E-state index contributed by atoms with van der Waals surface area (Å²) in [4.78, 5) is 8.91. The topological polar surface area (TPSA) is 44.0 Å². The number of benzene rings is 1. The lowest BCUT2D eigenvalue weighted by Crippen LogP contribution is -2.33. The molecule has 0 bridgehead atoms. The van der Waals surface area contributed by atoms with Crippen LogP contribution in [-0.2, 0) is 12.7 Å². The summed E-state index contributed by atoms with van der Waals surface area (Å²) in [6, 6.07) is 5.91. The van der Waals surface area contributed by atoms with Crippen molar-refractivity contribution in [2.75, 3.05) is 18.0 Å². The number of hydrogen-bond acceptors (Lipinski definition) is 3. The Hall–Kier alpha value is -2.02. The fourth-order valence-electron chi connectivity index (χ4n) is 2.77.